The molecule has 2 aliphatic heterocycles. The van der Waals surface area contributed by atoms with Crippen molar-refractivity contribution in [2.75, 3.05) is 11.4 Å². The highest BCUT2D eigenvalue weighted by molar-refractivity contribution is 9.10. The quantitative estimate of drug-likeness (QED) is 0.669. The Kier molecular flexibility index (Phi) is 5.83. The molecule has 0 saturated carbocycles. The Labute approximate surface area is 188 Å². The van der Waals surface area contributed by atoms with Gasteiger partial charge in [0.15, 0.2) is 0 Å². The zero-order valence-electron chi connectivity index (χ0n) is 17.2. The van der Waals surface area contributed by atoms with Crippen molar-refractivity contribution >= 4 is 39.3 Å². The van der Waals surface area contributed by atoms with E-state index in [9.17, 15) is 18.8 Å². The monoisotopic (exact) mass is 487 g/mol. The maximum Gasteiger partial charge on any atom is 0.257 e. The molecule has 1 unspecified atom stereocenters. The summed E-state index contributed by atoms with van der Waals surface area (Å²) in [4.78, 5) is 41.5. The van der Waals surface area contributed by atoms with Crippen molar-refractivity contribution in [3.8, 4) is 0 Å². The Morgan fingerprint density at radius 3 is 2.81 bits per heavy atom. The zero-order chi connectivity index (χ0) is 22.2. The molecule has 2 aliphatic rings. The molecule has 0 aliphatic carbocycles. The van der Waals surface area contributed by atoms with E-state index in [4.69, 9.17) is 0 Å². The fraction of sp³-hybridized carbons (Fsp3) is 0.348. The van der Waals surface area contributed by atoms with E-state index in [0.29, 0.717) is 42.6 Å². The van der Waals surface area contributed by atoms with Gasteiger partial charge in [-0.1, -0.05) is 28.1 Å². The Morgan fingerprint density at radius 1 is 1.23 bits per heavy atom. The number of rotatable bonds is 6. The van der Waals surface area contributed by atoms with E-state index < -0.39 is 5.66 Å². The maximum atomic E-state index is 13.4. The molecule has 2 aromatic rings. The van der Waals surface area contributed by atoms with E-state index in [-0.39, 0.29) is 36.5 Å². The molecule has 1 fully saturated rings. The number of para-hydroxylation sites is 1. The molecule has 1 saturated heterocycles. The van der Waals surface area contributed by atoms with Crippen LogP contribution in [0.5, 0.6) is 0 Å². The third-order valence-corrected chi connectivity index (χ3v) is 6.79. The van der Waals surface area contributed by atoms with Crippen molar-refractivity contribution in [2.24, 2.45) is 0 Å². The average molecular weight is 488 g/mol. The molecular weight excluding hydrogens is 465 g/mol. The van der Waals surface area contributed by atoms with Crippen molar-refractivity contribution in [1.29, 1.82) is 0 Å². The van der Waals surface area contributed by atoms with E-state index in [0.717, 1.165) is 4.47 Å². The number of nitrogens with zero attached hydrogens (tertiary/aromatic N) is 2. The number of hydrogen-bond acceptors (Lipinski definition) is 3. The van der Waals surface area contributed by atoms with Crippen LogP contribution in [0.4, 0.5) is 10.1 Å². The number of fused-ring (bicyclic) bond motifs is 3. The van der Waals surface area contributed by atoms with Crippen LogP contribution in [0, 0.1) is 5.82 Å². The lowest BCUT2D eigenvalue weighted by Crippen LogP contribution is -2.62. The van der Waals surface area contributed by atoms with E-state index in [1.165, 1.54) is 12.1 Å². The lowest BCUT2D eigenvalue weighted by atomic mass is 9.98. The van der Waals surface area contributed by atoms with E-state index in [1.54, 1.807) is 28.0 Å². The summed E-state index contributed by atoms with van der Waals surface area (Å²) in [6.45, 7) is 2.49. The van der Waals surface area contributed by atoms with Crippen LogP contribution in [0.3, 0.4) is 0 Å². The van der Waals surface area contributed by atoms with Crippen LogP contribution in [0.25, 0.3) is 0 Å². The molecule has 1 N–H and O–H groups in total. The molecular formula is C23H23BrFN3O3. The van der Waals surface area contributed by atoms with Crippen LogP contribution in [0.1, 0.15) is 48.5 Å². The summed E-state index contributed by atoms with van der Waals surface area (Å²) in [6, 6.07) is 11.5. The number of benzene rings is 2. The summed E-state index contributed by atoms with van der Waals surface area (Å²) in [5.41, 5.74) is 1.11. The smallest absolute Gasteiger partial charge is 0.257 e. The van der Waals surface area contributed by atoms with E-state index in [1.807, 2.05) is 19.1 Å². The molecule has 2 heterocycles. The topological polar surface area (TPSA) is 69.7 Å². The second kappa shape index (κ2) is 8.42. The molecule has 0 radical (unpaired) electrons. The van der Waals surface area contributed by atoms with Crippen LogP contribution in [-0.4, -0.2) is 34.8 Å². The SMILES string of the molecule is CC12CCC(=O)N1c1ccccc1C(=O)N2CCCC(=O)NCc1cc(F)ccc1Br. The van der Waals surface area contributed by atoms with Gasteiger partial charge in [0.1, 0.15) is 11.5 Å². The average Bonchev–Trinajstić information content (AvgIpc) is 3.06. The number of carbonyl (C=O) groups excluding carboxylic acids is 3. The maximum absolute atomic E-state index is 13.4. The van der Waals surface area contributed by atoms with Crippen molar-refractivity contribution in [1.82, 2.24) is 10.2 Å². The summed E-state index contributed by atoms with van der Waals surface area (Å²) in [5, 5.41) is 2.79. The Balaban J connectivity index is 1.40. The van der Waals surface area contributed by atoms with Gasteiger partial charge in [-0.2, -0.15) is 0 Å². The summed E-state index contributed by atoms with van der Waals surface area (Å²) in [5.74, 6) is -0.648. The van der Waals surface area contributed by atoms with E-state index in [2.05, 4.69) is 21.2 Å². The van der Waals surface area contributed by atoms with Crippen LogP contribution < -0.4 is 10.2 Å². The van der Waals surface area contributed by atoms with Crippen LogP contribution in [-0.2, 0) is 16.1 Å². The molecule has 31 heavy (non-hydrogen) atoms. The zero-order valence-corrected chi connectivity index (χ0v) is 18.7. The second-order valence-corrected chi connectivity index (χ2v) is 8.89. The fourth-order valence-corrected chi connectivity index (χ4v) is 4.79. The van der Waals surface area contributed by atoms with Gasteiger partial charge in [-0.05, 0) is 55.7 Å². The van der Waals surface area contributed by atoms with Gasteiger partial charge in [0.05, 0.1) is 11.3 Å². The van der Waals surface area contributed by atoms with Crippen LogP contribution in [0.15, 0.2) is 46.9 Å². The lowest BCUT2D eigenvalue weighted by Gasteiger charge is -2.48. The highest BCUT2D eigenvalue weighted by Crippen LogP contribution is 2.44. The molecule has 8 heteroatoms. The van der Waals surface area contributed by atoms with Crippen molar-refractivity contribution in [3.05, 3.63) is 63.9 Å². The lowest BCUT2D eigenvalue weighted by molar-refractivity contribution is -0.121. The molecule has 162 valence electrons. The minimum Gasteiger partial charge on any atom is -0.352 e. The third-order valence-electron chi connectivity index (χ3n) is 6.01. The highest BCUT2D eigenvalue weighted by Gasteiger charge is 2.52. The molecule has 1 atom stereocenters. The van der Waals surface area contributed by atoms with E-state index >= 15 is 0 Å². The Hall–Kier alpha value is -2.74. The normalized spacial score (nSPS) is 20.0. The second-order valence-electron chi connectivity index (χ2n) is 8.04. The Morgan fingerprint density at radius 2 is 2.00 bits per heavy atom. The van der Waals surface area contributed by atoms with Gasteiger partial charge in [0.2, 0.25) is 11.8 Å². The molecule has 0 bridgehead atoms. The molecule has 0 aromatic heterocycles. The van der Waals surface area contributed by atoms with Crippen molar-refractivity contribution in [2.45, 2.75) is 44.8 Å². The summed E-state index contributed by atoms with van der Waals surface area (Å²) >= 11 is 3.35. The number of anilines is 1. The third kappa shape index (κ3) is 3.96. The minimum atomic E-state index is -0.717. The predicted octanol–water partition coefficient (Wildman–Crippen LogP) is 3.98. The summed E-state index contributed by atoms with van der Waals surface area (Å²) in [6.07, 6.45) is 1.63. The first-order valence-electron chi connectivity index (χ1n) is 10.3. The number of nitrogens with one attached hydrogen (secondary N) is 1. The Bertz CT molecular complexity index is 1060. The summed E-state index contributed by atoms with van der Waals surface area (Å²) < 4.78 is 14.1. The molecule has 3 amide bonds. The number of halogens is 2. The minimum absolute atomic E-state index is 0.00543. The summed E-state index contributed by atoms with van der Waals surface area (Å²) in [7, 11) is 0. The molecule has 4 rings (SSSR count). The number of amides is 3. The number of hydrogen-bond donors (Lipinski definition) is 1. The first kappa shape index (κ1) is 21.5. The van der Waals surface area contributed by atoms with Crippen LogP contribution >= 0.6 is 15.9 Å². The van der Waals surface area contributed by atoms with Crippen molar-refractivity contribution < 1.29 is 18.8 Å². The van der Waals surface area contributed by atoms with Crippen molar-refractivity contribution in [3.63, 3.8) is 0 Å². The predicted molar refractivity (Wildman–Crippen MR) is 118 cm³/mol. The van der Waals surface area contributed by atoms with Gasteiger partial charge in [-0.25, -0.2) is 4.39 Å². The van der Waals surface area contributed by atoms with Gasteiger partial charge >= 0.3 is 0 Å². The van der Waals surface area contributed by atoms with Gasteiger partial charge in [0, 0.05) is 30.4 Å². The standard InChI is InChI=1S/C23H23BrFN3O3/c1-23-11-10-21(30)28(23)19-6-3-2-5-17(19)22(31)27(23)12-4-7-20(29)26-14-15-13-16(25)8-9-18(15)24/h2-3,5-6,8-9,13H,4,7,10-12,14H2,1H3,(H,26,29). The molecule has 0 spiro atoms. The van der Waals surface area contributed by atoms with Crippen LogP contribution in [0.2, 0.25) is 0 Å². The number of carbonyl (C=O) groups is 3. The van der Waals surface area contributed by atoms with Gasteiger partial charge < -0.3 is 10.2 Å². The molecule has 6 nitrogen and oxygen atoms in total. The fourth-order valence-electron chi connectivity index (χ4n) is 4.40. The molecule has 2 aromatic carbocycles. The van der Waals surface area contributed by atoms with Gasteiger partial charge in [-0.3, -0.25) is 19.3 Å². The highest BCUT2D eigenvalue weighted by atomic mass is 79.9. The first-order chi connectivity index (χ1) is 14.8. The van der Waals surface area contributed by atoms with Gasteiger partial charge in [0.25, 0.3) is 5.91 Å². The first-order valence-corrected chi connectivity index (χ1v) is 11.1. The van der Waals surface area contributed by atoms with Gasteiger partial charge in [-0.15, -0.1) is 0 Å². The largest absolute Gasteiger partial charge is 0.352 e.